The molecule has 0 fully saturated rings. The van der Waals surface area contributed by atoms with E-state index in [1.54, 1.807) is 0 Å². The normalized spacial score (nSPS) is 9.80. The molecule has 0 aliphatic rings. The highest BCUT2D eigenvalue weighted by molar-refractivity contribution is 5.90. The molecule has 5 nitrogen and oxygen atoms in total. The number of ether oxygens (including phenoxy) is 2. The first-order valence-electron chi connectivity index (χ1n) is 4.23. The summed E-state index contributed by atoms with van der Waals surface area (Å²) < 4.78 is 9.37. The lowest BCUT2D eigenvalue weighted by molar-refractivity contribution is 0.0600. The molecule has 1 aromatic carbocycles. The topological polar surface area (TPSA) is 76.0 Å². The fourth-order valence-corrected chi connectivity index (χ4v) is 1.18. The monoisotopic (exact) mass is 212 g/mol. The highest BCUT2D eigenvalue weighted by atomic mass is 16.5. The number of esters is 1. The van der Waals surface area contributed by atoms with Gasteiger partial charge in [-0.3, -0.25) is 0 Å². The number of aliphatic hydroxyl groups is 1. The maximum Gasteiger partial charge on any atom is 0.337 e. The molecule has 15 heavy (non-hydrogen) atoms. The number of methoxy groups -OCH3 is 2. The summed E-state index contributed by atoms with van der Waals surface area (Å²) in [5.74, 6) is -0.599. The minimum Gasteiger partial charge on any atom is -0.504 e. The number of benzene rings is 1. The van der Waals surface area contributed by atoms with Crippen LogP contribution in [0, 0.1) is 0 Å². The van der Waals surface area contributed by atoms with Gasteiger partial charge in [0.15, 0.2) is 11.5 Å². The Kier molecular flexibility index (Phi) is 3.51. The van der Waals surface area contributed by atoms with E-state index in [0.29, 0.717) is 0 Å². The molecule has 0 saturated heterocycles. The summed E-state index contributed by atoms with van der Waals surface area (Å²) in [4.78, 5) is 11.2. The number of rotatable bonds is 3. The van der Waals surface area contributed by atoms with Crippen molar-refractivity contribution in [1.82, 2.24) is 0 Å². The van der Waals surface area contributed by atoms with E-state index in [9.17, 15) is 9.90 Å². The third-order valence-corrected chi connectivity index (χ3v) is 1.97. The Balaban J connectivity index is 3.26. The standard InChI is InChI=1S/C10H12O5/c1-14-8-4-6(10(13)15-2)3-7(5-11)9(8)12/h3-4,11-12H,5H2,1-2H3. The van der Waals surface area contributed by atoms with Crippen LogP contribution in [0.1, 0.15) is 15.9 Å². The van der Waals surface area contributed by atoms with Crippen LogP contribution in [0.25, 0.3) is 0 Å². The quantitative estimate of drug-likeness (QED) is 0.720. The van der Waals surface area contributed by atoms with Gasteiger partial charge in [-0.2, -0.15) is 0 Å². The molecule has 0 aliphatic carbocycles. The van der Waals surface area contributed by atoms with Crippen molar-refractivity contribution >= 4 is 5.97 Å². The van der Waals surface area contributed by atoms with Crippen LogP contribution in [0.2, 0.25) is 0 Å². The molecule has 0 radical (unpaired) electrons. The van der Waals surface area contributed by atoms with Gasteiger partial charge in [0.2, 0.25) is 0 Å². The van der Waals surface area contributed by atoms with Crippen molar-refractivity contribution in [2.45, 2.75) is 6.61 Å². The lowest BCUT2D eigenvalue weighted by atomic mass is 10.1. The van der Waals surface area contributed by atoms with Crippen LogP contribution >= 0.6 is 0 Å². The maximum absolute atomic E-state index is 11.2. The van der Waals surface area contributed by atoms with Crippen molar-refractivity contribution in [3.05, 3.63) is 23.3 Å². The number of phenols is 1. The number of hydrogen-bond acceptors (Lipinski definition) is 5. The van der Waals surface area contributed by atoms with Gasteiger partial charge in [0.25, 0.3) is 0 Å². The first-order chi connectivity index (χ1) is 7.13. The van der Waals surface area contributed by atoms with Gasteiger partial charge in [0.05, 0.1) is 26.4 Å². The fraction of sp³-hybridized carbons (Fsp3) is 0.300. The van der Waals surface area contributed by atoms with Crippen molar-refractivity contribution in [1.29, 1.82) is 0 Å². The van der Waals surface area contributed by atoms with Crippen LogP contribution in [-0.4, -0.2) is 30.4 Å². The van der Waals surface area contributed by atoms with Gasteiger partial charge in [-0.15, -0.1) is 0 Å². The number of aliphatic hydroxyl groups excluding tert-OH is 1. The highest BCUT2D eigenvalue weighted by Crippen LogP contribution is 2.31. The van der Waals surface area contributed by atoms with Gasteiger partial charge < -0.3 is 19.7 Å². The van der Waals surface area contributed by atoms with Gasteiger partial charge in [0.1, 0.15) is 0 Å². The molecule has 0 saturated carbocycles. The van der Waals surface area contributed by atoms with Gasteiger partial charge in [-0.1, -0.05) is 0 Å². The van der Waals surface area contributed by atoms with E-state index in [1.807, 2.05) is 0 Å². The number of hydrogen-bond donors (Lipinski definition) is 2. The average molecular weight is 212 g/mol. The Morgan fingerprint density at radius 2 is 2.07 bits per heavy atom. The summed E-state index contributed by atoms with van der Waals surface area (Å²) in [6.07, 6.45) is 0. The van der Waals surface area contributed by atoms with Crippen LogP contribution in [0.4, 0.5) is 0 Å². The Bertz CT molecular complexity index is 347. The molecule has 0 unspecified atom stereocenters. The van der Waals surface area contributed by atoms with Crippen LogP contribution in [0.5, 0.6) is 11.5 Å². The Morgan fingerprint density at radius 3 is 2.53 bits per heavy atom. The maximum atomic E-state index is 11.2. The molecular formula is C10H12O5. The molecule has 0 bridgehead atoms. The van der Waals surface area contributed by atoms with Gasteiger partial charge >= 0.3 is 5.97 Å². The summed E-state index contributed by atoms with van der Waals surface area (Å²) in [6, 6.07) is 2.70. The Labute approximate surface area is 86.9 Å². The van der Waals surface area contributed by atoms with E-state index in [2.05, 4.69) is 4.74 Å². The fourth-order valence-electron chi connectivity index (χ4n) is 1.18. The Hall–Kier alpha value is -1.75. The largest absolute Gasteiger partial charge is 0.504 e. The molecule has 0 atom stereocenters. The zero-order valence-corrected chi connectivity index (χ0v) is 8.48. The minimum atomic E-state index is -0.553. The summed E-state index contributed by atoms with van der Waals surface area (Å²) in [7, 11) is 2.61. The zero-order chi connectivity index (χ0) is 11.4. The lowest BCUT2D eigenvalue weighted by Gasteiger charge is -2.09. The van der Waals surface area contributed by atoms with E-state index in [4.69, 9.17) is 9.84 Å². The minimum absolute atomic E-state index is 0.127. The number of carbonyl (C=O) groups is 1. The van der Waals surface area contributed by atoms with Crippen LogP contribution in [0.15, 0.2) is 12.1 Å². The molecule has 0 amide bonds. The molecule has 1 aromatic rings. The third kappa shape index (κ3) is 2.19. The zero-order valence-electron chi connectivity index (χ0n) is 8.48. The molecule has 2 N–H and O–H groups in total. The molecule has 0 heterocycles. The molecule has 1 rings (SSSR count). The molecular weight excluding hydrogens is 200 g/mol. The van der Waals surface area contributed by atoms with Crippen molar-refractivity contribution in [3.63, 3.8) is 0 Å². The van der Waals surface area contributed by atoms with Crippen molar-refractivity contribution < 1.29 is 24.5 Å². The van der Waals surface area contributed by atoms with Gasteiger partial charge in [0, 0.05) is 5.56 Å². The third-order valence-electron chi connectivity index (χ3n) is 1.97. The Morgan fingerprint density at radius 1 is 1.40 bits per heavy atom. The SMILES string of the molecule is COC(=O)c1cc(CO)c(O)c(OC)c1. The summed E-state index contributed by atoms with van der Waals surface area (Å²) >= 11 is 0. The predicted molar refractivity (Wildman–Crippen MR) is 51.9 cm³/mol. The lowest BCUT2D eigenvalue weighted by Crippen LogP contribution is -2.03. The first kappa shape index (κ1) is 11.3. The smallest absolute Gasteiger partial charge is 0.337 e. The second-order valence-electron chi connectivity index (χ2n) is 2.84. The van der Waals surface area contributed by atoms with Crippen LogP contribution < -0.4 is 4.74 Å². The van der Waals surface area contributed by atoms with Crippen LogP contribution in [0.3, 0.4) is 0 Å². The first-order valence-corrected chi connectivity index (χ1v) is 4.23. The van der Waals surface area contributed by atoms with E-state index >= 15 is 0 Å². The summed E-state index contributed by atoms with van der Waals surface area (Å²) in [5, 5.41) is 18.5. The molecule has 0 spiro atoms. The van der Waals surface area contributed by atoms with E-state index in [0.717, 1.165) is 0 Å². The van der Waals surface area contributed by atoms with Crippen LogP contribution in [-0.2, 0) is 11.3 Å². The highest BCUT2D eigenvalue weighted by Gasteiger charge is 2.14. The molecule has 5 heteroatoms. The van der Waals surface area contributed by atoms with Crippen molar-refractivity contribution in [3.8, 4) is 11.5 Å². The second kappa shape index (κ2) is 4.65. The van der Waals surface area contributed by atoms with Crippen molar-refractivity contribution in [2.75, 3.05) is 14.2 Å². The second-order valence-corrected chi connectivity index (χ2v) is 2.84. The molecule has 0 aromatic heterocycles. The van der Waals surface area contributed by atoms with E-state index in [-0.39, 0.29) is 29.2 Å². The molecule has 82 valence electrons. The van der Waals surface area contributed by atoms with Crippen molar-refractivity contribution in [2.24, 2.45) is 0 Å². The predicted octanol–water partition coefficient (Wildman–Crippen LogP) is 0.680. The van der Waals surface area contributed by atoms with Gasteiger partial charge in [-0.05, 0) is 12.1 Å². The van der Waals surface area contributed by atoms with Gasteiger partial charge in [-0.25, -0.2) is 4.79 Å². The van der Waals surface area contributed by atoms with E-state index in [1.165, 1.54) is 26.4 Å². The average Bonchev–Trinajstić information content (AvgIpc) is 2.28. The molecule has 0 aliphatic heterocycles. The summed E-state index contributed by atoms with van der Waals surface area (Å²) in [5.41, 5.74) is 0.436. The number of carbonyl (C=O) groups excluding carboxylic acids is 1. The van der Waals surface area contributed by atoms with E-state index < -0.39 is 5.97 Å². The number of aromatic hydroxyl groups is 1. The summed E-state index contributed by atoms with van der Waals surface area (Å²) in [6.45, 7) is -0.382.